The third kappa shape index (κ3) is 2.87. The van der Waals surface area contributed by atoms with Gasteiger partial charge in [0.25, 0.3) is 0 Å². The van der Waals surface area contributed by atoms with Gasteiger partial charge < -0.3 is 9.66 Å². The minimum Gasteiger partial charge on any atom is -0.616 e. The van der Waals surface area contributed by atoms with Crippen LogP contribution in [0.2, 0.25) is 0 Å². The monoisotopic (exact) mass is 190 g/mol. The van der Waals surface area contributed by atoms with Crippen molar-refractivity contribution in [3.63, 3.8) is 0 Å². The number of carbonyl (C=O) groups is 1. The van der Waals surface area contributed by atoms with E-state index in [1.54, 1.807) is 6.92 Å². The zero-order valence-electron chi connectivity index (χ0n) is 7.37. The van der Waals surface area contributed by atoms with E-state index in [0.717, 1.165) is 0 Å². The van der Waals surface area contributed by atoms with Crippen LogP contribution in [0.15, 0.2) is 12.2 Å². The highest BCUT2D eigenvalue weighted by molar-refractivity contribution is 7.92. The number of hydrogen-bond acceptors (Lipinski definition) is 2. The molecule has 70 valence electrons. The molecule has 2 atom stereocenters. The van der Waals surface area contributed by atoms with E-state index in [1.165, 1.54) is 0 Å². The van der Waals surface area contributed by atoms with Crippen LogP contribution in [-0.2, 0) is 16.0 Å². The molecule has 0 aliphatic carbocycles. The van der Waals surface area contributed by atoms with Crippen molar-refractivity contribution in [1.82, 2.24) is 0 Å². The summed E-state index contributed by atoms with van der Waals surface area (Å²) in [7, 11) is 0. The summed E-state index contributed by atoms with van der Waals surface area (Å²) >= 11 is -1.10. The van der Waals surface area contributed by atoms with Crippen LogP contribution in [0.1, 0.15) is 20.3 Å². The minimum atomic E-state index is -1.10. The zero-order chi connectivity index (χ0) is 9.72. The molecule has 0 aromatic carbocycles. The van der Waals surface area contributed by atoms with E-state index in [2.05, 4.69) is 6.58 Å². The summed E-state index contributed by atoms with van der Waals surface area (Å²) in [5.74, 6) is -0.575. The summed E-state index contributed by atoms with van der Waals surface area (Å²) in [6, 6.07) is 0. The number of rotatable bonds is 5. The van der Waals surface area contributed by atoms with Gasteiger partial charge >= 0.3 is 5.97 Å². The molecule has 0 saturated carbocycles. The van der Waals surface area contributed by atoms with Gasteiger partial charge in [-0.05, 0) is 24.5 Å². The van der Waals surface area contributed by atoms with Crippen LogP contribution in [0.5, 0.6) is 0 Å². The first-order valence-electron chi connectivity index (χ1n) is 3.83. The molecule has 0 radical (unpaired) electrons. The van der Waals surface area contributed by atoms with E-state index in [4.69, 9.17) is 5.11 Å². The molecule has 4 heteroatoms. The number of carboxylic acids is 1. The lowest BCUT2D eigenvalue weighted by molar-refractivity contribution is -0.132. The summed E-state index contributed by atoms with van der Waals surface area (Å²) in [5.41, 5.74) is 0.0534. The highest BCUT2D eigenvalue weighted by atomic mass is 32.2. The Balaban J connectivity index is 4.34. The largest absolute Gasteiger partial charge is 0.616 e. The lowest BCUT2D eigenvalue weighted by Crippen LogP contribution is -2.27. The van der Waals surface area contributed by atoms with E-state index in [0.29, 0.717) is 12.2 Å². The molecular weight excluding hydrogens is 176 g/mol. The van der Waals surface area contributed by atoms with Crippen LogP contribution in [0, 0.1) is 0 Å². The Bertz CT molecular complexity index is 179. The second-order valence-electron chi connectivity index (χ2n) is 2.40. The van der Waals surface area contributed by atoms with E-state index in [9.17, 15) is 9.35 Å². The second kappa shape index (κ2) is 5.22. The van der Waals surface area contributed by atoms with Gasteiger partial charge in [0.05, 0.1) is 5.57 Å². The molecular formula is C8H14O3S. The lowest BCUT2D eigenvalue weighted by atomic mass is 10.2. The molecule has 0 aromatic heterocycles. The molecule has 0 heterocycles. The lowest BCUT2D eigenvalue weighted by Gasteiger charge is -2.18. The van der Waals surface area contributed by atoms with Crippen LogP contribution in [0.25, 0.3) is 0 Å². The van der Waals surface area contributed by atoms with Crippen molar-refractivity contribution >= 4 is 17.1 Å². The highest BCUT2D eigenvalue weighted by Crippen LogP contribution is 2.15. The van der Waals surface area contributed by atoms with Gasteiger partial charge in [-0.15, -0.1) is 0 Å². The number of aliphatic carboxylic acids is 1. The van der Waals surface area contributed by atoms with Gasteiger partial charge in [0.15, 0.2) is 0 Å². The summed E-state index contributed by atoms with van der Waals surface area (Å²) in [5, 5.41) is 8.20. The number of hydrogen-bond donors (Lipinski definition) is 1. The molecule has 0 amide bonds. The minimum absolute atomic E-state index is 0.0534. The topological polar surface area (TPSA) is 60.4 Å². The van der Waals surface area contributed by atoms with Crippen LogP contribution in [-0.4, -0.2) is 26.6 Å². The Morgan fingerprint density at radius 2 is 2.17 bits per heavy atom. The fourth-order valence-corrected chi connectivity index (χ4v) is 2.12. The molecule has 1 N–H and O–H groups in total. The average Bonchev–Trinajstić information content (AvgIpc) is 2.05. The van der Waals surface area contributed by atoms with Gasteiger partial charge in [-0.3, -0.25) is 0 Å². The van der Waals surface area contributed by atoms with Gasteiger partial charge in [0.2, 0.25) is 0 Å². The number of carboxylic acid groups (broad SMARTS) is 1. The fourth-order valence-electron chi connectivity index (χ4n) is 0.930. The standard InChI is InChI=1S/C8H14O3S/c1-4-7(12(11)5-2)6(3)8(9)10/h7H,3-5H2,1-2H3,(H,9,10). The first kappa shape index (κ1) is 11.5. The van der Waals surface area contributed by atoms with E-state index in [-0.39, 0.29) is 5.57 Å². The first-order valence-corrected chi connectivity index (χ1v) is 5.22. The SMILES string of the molecule is C=C(C(=O)O)C(CC)[S+]([O-])CC. The summed E-state index contributed by atoms with van der Waals surface area (Å²) in [4.78, 5) is 10.5. The van der Waals surface area contributed by atoms with Crippen molar-refractivity contribution in [2.24, 2.45) is 0 Å². The molecule has 3 nitrogen and oxygen atoms in total. The van der Waals surface area contributed by atoms with Crippen molar-refractivity contribution in [3.8, 4) is 0 Å². The molecule has 2 unspecified atom stereocenters. The predicted molar refractivity (Wildman–Crippen MR) is 49.5 cm³/mol. The summed E-state index contributed by atoms with van der Waals surface area (Å²) in [6.07, 6.45) is 0.561. The van der Waals surface area contributed by atoms with E-state index < -0.39 is 22.4 Å². The van der Waals surface area contributed by atoms with Crippen LogP contribution >= 0.6 is 0 Å². The summed E-state index contributed by atoms with van der Waals surface area (Å²) < 4.78 is 11.3. The molecule has 0 bridgehead atoms. The molecule has 0 fully saturated rings. The van der Waals surface area contributed by atoms with Crippen molar-refractivity contribution < 1.29 is 14.5 Å². The van der Waals surface area contributed by atoms with Crippen molar-refractivity contribution in [2.45, 2.75) is 25.5 Å². The van der Waals surface area contributed by atoms with E-state index in [1.807, 2.05) is 6.92 Å². The van der Waals surface area contributed by atoms with Gasteiger partial charge in [-0.1, -0.05) is 13.5 Å². The fraction of sp³-hybridized carbons (Fsp3) is 0.625. The van der Waals surface area contributed by atoms with Crippen LogP contribution < -0.4 is 0 Å². The Morgan fingerprint density at radius 1 is 1.67 bits per heavy atom. The first-order chi connectivity index (χ1) is 5.54. The third-order valence-corrected chi connectivity index (χ3v) is 3.46. The van der Waals surface area contributed by atoms with Gasteiger partial charge in [0.1, 0.15) is 11.0 Å². The molecule has 0 aliphatic heterocycles. The Morgan fingerprint density at radius 3 is 2.42 bits per heavy atom. The van der Waals surface area contributed by atoms with Crippen LogP contribution in [0.4, 0.5) is 0 Å². The Hall–Kier alpha value is -0.480. The maximum Gasteiger partial charge on any atom is 0.336 e. The quantitative estimate of drug-likeness (QED) is 0.523. The van der Waals surface area contributed by atoms with Gasteiger partial charge in [-0.2, -0.15) is 0 Å². The zero-order valence-corrected chi connectivity index (χ0v) is 8.19. The molecule has 0 spiro atoms. The normalized spacial score (nSPS) is 15.2. The Kier molecular flexibility index (Phi) is 5.01. The maximum absolute atomic E-state index is 11.3. The average molecular weight is 190 g/mol. The molecule has 0 aliphatic rings. The Labute approximate surface area is 75.7 Å². The molecule has 0 aromatic rings. The van der Waals surface area contributed by atoms with Crippen LogP contribution in [0.3, 0.4) is 0 Å². The van der Waals surface area contributed by atoms with Crippen molar-refractivity contribution in [1.29, 1.82) is 0 Å². The van der Waals surface area contributed by atoms with Gasteiger partial charge in [-0.25, -0.2) is 4.79 Å². The molecule has 0 rings (SSSR count). The molecule has 0 saturated heterocycles. The van der Waals surface area contributed by atoms with E-state index >= 15 is 0 Å². The smallest absolute Gasteiger partial charge is 0.336 e. The maximum atomic E-state index is 11.3. The summed E-state index contributed by atoms with van der Waals surface area (Å²) in [6.45, 7) is 6.99. The predicted octanol–water partition coefficient (Wildman–Crippen LogP) is 1.17. The highest BCUT2D eigenvalue weighted by Gasteiger charge is 2.26. The second-order valence-corrected chi connectivity index (χ2v) is 4.30. The van der Waals surface area contributed by atoms with Crippen molar-refractivity contribution in [3.05, 3.63) is 12.2 Å². The molecule has 12 heavy (non-hydrogen) atoms. The van der Waals surface area contributed by atoms with Gasteiger partial charge in [0, 0.05) is 0 Å². The van der Waals surface area contributed by atoms with Crippen molar-refractivity contribution in [2.75, 3.05) is 5.75 Å². The third-order valence-electron chi connectivity index (χ3n) is 1.64.